The molecule has 0 fully saturated rings. The smallest absolute Gasteiger partial charge is 0.365 e. The van der Waals surface area contributed by atoms with Gasteiger partial charge in [0.2, 0.25) is 0 Å². The summed E-state index contributed by atoms with van der Waals surface area (Å²) in [6.45, 7) is 2.11. The highest BCUT2D eigenvalue weighted by atomic mass is 32.1. The van der Waals surface area contributed by atoms with Crippen LogP contribution in [-0.2, 0) is 11.3 Å². The number of allylic oxidation sites excluding steroid dienone is 1. The molecule has 0 aromatic carbocycles. The molecule has 8 nitrogen and oxygen atoms in total. The van der Waals surface area contributed by atoms with Crippen molar-refractivity contribution < 1.29 is 4.74 Å². The largest absolute Gasteiger partial charge is 0.474 e. The van der Waals surface area contributed by atoms with E-state index >= 15 is 0 Å². The summed E-state index contributed by atoms with van der Waals surface area (Å²) < 4.78 is 6.47. The summed E-state index contributed by atoms with van der Waals surface area (Å²) in [5.41, 5.74) is 6.55. The molecule has 2 rings (SSSR count). The highest BCUT2D eigenvalue weighted by molar-refractivity contribution is 7.10. The molecule has 100 valence electrons. The van der Waals surface area contributed by atoms with Crippen LogP contribution in [0, 0.1) is 12.3 Å². The van der Waals surface area contributed by atoms with E-state index in [1.165, 1.54) is 22.1 Å². The van der Waals surface area contributed by atoms with Crippen molar-refractivity contribution in [3.63, 3.8) is 0 Å². The minimum atomic E-state index is -0.415. The number of tetrazole rings is 1. The molecule has 2 aromatic heterocycles. The fraction of sp³-hybridized carbons (Fsp3) is 0.200. The van der Waals surface area contributed by atoms with Gasteiger partial charge in [-0.15, -0.1) is 11.3 Å². The van der Waals surface area contributed by atoms with E-state index in [-0.39, 0.29) is 12.5 Å². The molecule has 19 heavy (non-hydrogen) atoms. The molecular weight excluding hydrogens is 268 g/mol. The Balaban J connectivity index is 2.29. The fourth-order valence-corrected chi connectivity index (χ4v) is 2.30. The zero-order chi connectivity index (χ0) is 13.8. The highest BCUT2D eigenvalue weighted by Gasteiger charge is 2.14. The Kier molecular flexibility index (Phi) is 3.76. The monoisotopic (exact) mass is 280 g/mol. The van der Waals surface area contributed by atoms with Gasteiger partial charge >= 0.3 is 5.69 Å². The second-order valence-electron chi connectivity index (χ2n) is 3.60. The number of rotatable bonds is 5. The number of hydrogen-bond acceptors (Lipinski definition) is 7. The third-order valence-electron chi connectivity index (χ3n) is 2.41. The molecule has 0 bridgehead atoms. The van der Waals surface area contributed by atoms with Crippen LogP contribution in [-0.4, -0.2) is 26.4 Å². The SMILES string of the molecule is Cc1scc(-n2nn[nH]c2=O)c1COC(N)=CC=N. The maximum absolute atomic E-state index is 11.5. The van der Waals surface area contributed by atoms with Crippen molar-refractivity contribution in [2.75, 3.05) is 0 Å². The number of aryl methyl sites for hydroxylation is 1. The first-order valence-electron chi connectivity index (χ1n) is 5.30. The molecule has 0 saturated carbocycles. The van der Waals surface area contributed by atoms with Crippen LogP contribution in [0.2, 0.25) is 0 Å². The van der Waals surface area contributed by atoms with E-state index in [1.54, 1.807) is 5.38 Å². The number of aromatic nitrogens is 4. The summed E-state index contributed by atoms with van der Waals surface area (Å²) in [6.07, 6.45) is 2.38. The topological polar surface area (TPSA) is 123 Å². The number of H-pyrrole nitrogens is 1. The minimum Gasteiger partial charge on any atom is -0.474 e. The van der Waals surface area contributed by atoms with Gasteiger partial charge in [-0.05, 0) is 17.4 Å². The van der Waals surface area contributed by atoms with Crippen molar-refractivity contribution in [2.45, 2.75) is 13.5 Å². The van der Waals surface area contributed by atoms with Crippen molar-refractivity contribution >= 4 is 17.6 Å². The molecule has 0 aliphatic heterocycles. The van der Waals surface area contributed by atoms with E-state index in [1.807, 2.05) is 6.92 Å². The van der Waals surface area contributed by atoms with Gasteiger partial charge in [0, 0.05) is 28.1 Å². The lowest BCUT2D eigenvalue weighted by Gasteiger charge is -2.07. The maximum atomic E-state index is 11.5. The van der Waals surface area contributed by atoms with Crippen molar-refractivity contribution in [2.24, 2.45) is 5.73 Å². The van der Waals surface area contributed by atoms with Crippen LogP contribution in [0.15, 0.2) is 22.1 Å². The molecule has 0 spiro atoms. The first-order valence-corrected chi connectivity index (χ1v) is 6.18. The Hall–Kier alpha value is -2.42. The Morgan fingerprint density at radius 2 is 2.53 bits per heavy atom. The van der Waals surface area contributed by atoms with Crippen molar-refractivity contribution in [3.05, 3.63) is 38.3 Å². The summed E-state index contributed by atoms with van der Waals surface area (Å²) in [6, 6.07) is 0. The number of nitrogens with two attached hydrogens (primary N) is 1. The molecule has 2 heterocycles. The lowest BCUT2D eigenvalue weighted by Crippen LogP contribution is -2.17. The number of hydrogen-bond donors (Lipinski definition) is 3. The normalized spacial score (nSPS) is 11.5. The molecule has 0 radical (unpaired) electrons. The van der Waals surface area contributed by atoms with Gasteiger partial charge in [0.25, 0.3) is 0 Å². The van der Waals surface area contributed by atoms with Gasteiger partial charge in [0.1, 0.15) is 6.61 Å². The molecule has 4 N–H and O–H groups in total. The summed E-state index contributed by atoms with van der Waals surface area (Å²) >= 11 is 1.48. The first-order chi connectivity index (χ1) is 9.13. The van der Waals surface area contributed by atoms with Crippen molar-refractivity contribution in [3.8, 4) is 5.69 Å². The van der Waals surface area contributed by atoms with Gasteiger partial charge in [-0.3, -0.25) is 0 Å². The number of thiophene rings is 1. The number of ether oxygens (including phenoxy) is 1. The number of nitrogens with one attached hydrogen (secondary N) is 2. The second-order valence-corrected chi connectivity index (χ2v) is 4.68. The average molecular weight is 280 g/mol. The summed E-state index contributed by atoms with van der Waals surface area (Å²) in [7, 11) is 0. The lowest BCUT2D eigenvalue weighted by atomic mass is 10.2. The summed E-state index contributed by atoms with van der Waals surface area (Å²) in [5, 5.41) is 18.1. The number of aromatic amines is 1. The van der Waals surface area contributed by atoms with E-state index in [4.69, 9.17) is 15.9 Å². The van der Waals surface area contributed by atoms with Gasteiger partial charge in [-0.1, -0.05) is 0 Å². The first kappa shape index (κ1) is 13.0. The molecule has 0 atom stereocenters. The molecule has 0 unspecified atom stereocenters. The highest BCUT2D eigenvalue weighted by Crippen LogP contribution is 2.24. The summed E-state index contributed by atoms with van der Waals surface area (Å²) in [4.78, 5) is 12.5. The van der Waals surface area contributed by atoms with Gasteiger partial charge < -0.3 is 15.9 Å². The zero-order valence-corrected chi connectivity index (χ0v) is 10.9. The lowest BCUT2D eigenvalue weighted by molar-refractivity contribution is 0.196. The predicted molar refractivity (Wildman–Crippen MR) is 70.4 cm³/mol. The van der Waals surface area contributed by atoms with Crippen LogP contribution >= 0.6 is 11.3 Å². The number of nitrogens with zero attached hydrogens (tertiary/aromatic N) is 3. The molecule has 0 amide bonds. The van der Waals surface area contributed by atoms with Crippen molar-refractivity contribution in [1.29, 1.82) is 5.41 Å². The predicted octanol–water partition coefficient (Wildman–Crippen LogP) is 0.292. The molecule has 0 aliphatic carbocycles. The zero-order valence-electron chi connectivity index (χ0n) is 10.1. The standard InChI is InChI=1S/C10H12N6O2S/c1-6-7(4-18-9(12)2-3-11)8(5-19-6)16-10(17)13-14-15-16/h2-3,5,11H,4,12H2,1H3,(H,13,15,17). The Bertz CT molecular complexity index is 668. The molecule has 0 aliphatic rings. The third-order valence-corrected chi connectivity index (χ3v) is 3.35. The van der Waals surface area contributed by atoms with Gasteiger partial charge in [-0.25, -0.2) is 9.89 Å². The van der Waals surface area contributed by atoms with Crippen LogP contribution in [0.1, 0.15) is 10.4 Å². The molecular formula is C10H12N6O2S. The molecule has 0 saturated heterocycles. The molecule has 2 aromatic rings. The van der Waals surface area contributed by atoms with Crippen LogP contribution in [0.25, 0.3) is 5.69 Å². The third kappa shape index (κ3) is 2.71. The van der Waals surface area contributed by atoms with Crippen LogP contribution in [0.3, 0.4) is 0 Å². The van der Waals surface area contributed by atoms with Gasteiger partial charge in [0.15, 0.2) is 5.88 Å². The van der Waals surface area contributed by atoms with Crippen molar-refractivity contribution in [1.82, 2.24) is 20.2 Å². The van der Waals surface area contributed by atoms with Crippen LogP contribution in [0.5, 0.6) is 0 Å². The quantitative estimate of drug-likeness (QED) is 0.536. The van der Waals surface area contributed by atoms with Gasteiger partial charge in [-0.2, -0.15) is 4.68 Å². The Morgan fingerprint density at radius 3 is 3.16 bits per heavy atom. The van der Waals surface area contributed by atoms with E-state index in [0.29, 0.717) is 5.69 Å². The van der Waals surface area contributed by atoms with E-state index in [0.717, 1.165) is 16.7 Å². The minimum absolute atomic E-state index is 0.138. The second kappa shape index (κ2) is 5.48. The average Bonchev–Trinajstić information content (AvgIpc) is 2.93. The van der Waals surface area contributed by atoms with Crippen LogP contribution < -0.4 is 11.4 Å². The van der Waals surface area contributed by atoms with E-state index in [9.17, 15) is 4.79 Å². The van der Waals surface area contributed by atoms with Crippen LogP contribution in [0.4, 0.5) is 0 Å². The van der Waals surface area contributed by atoms with E-state index < -0.39 is 5.69 Å². The fourth-order valence-electron chi connectivity index (χ4n) is 1.46. The Morgan fingerprint density at radius 1 is 1.74 bits per heavy atom. The van der Waals surface area contributed by atoms with Gasteiger partial charge in [0.05, 0.1) is 5.69 Å². The molecule has 9 heteroatoms. The maximum Gasteiger partial charge on any atom is 0.365 e. The summed E-state index contributed by atoms with van der Waals surface area (Å²) in [5.74, 6) is 0.138. The van der Waals surface area contributed by atoms with E-state index in [2.05, 4.69) is 15.5 Å². The Labute approximate surface area is 112 Å².